The molecule has 1 aromatic heterocycles. The van der Waals surface area contributed by atoms with Gasteiger partial charge in [-0.05, 0) is 43.8 Å². The molecule has 1 atom stereocenters. The van der Waals surface area contributed by atoms with E-state index in [1.165, 1.54) is 28.7 Å². The number of aryl methyl sites for hydroxylation is 1. The first-order valence-electron chi connectivity index (χ1n) is 8.18. The lowest BCUT2D eigenvalue weighted by Gasteiger charge is -2.10. The van der Waals surface area contributed by atoms with E-state index in [2.05, 4.69) is 10.4 Å². The Morgan fingerprint density at radius 1 is 1.23 bits per heavy atom. The highest BCUT2D eigenvalue weighted by Crippen LogP contribution is 2.27. The second kappa shape index (κ2) is 8.62. The standard InChI is InChI=1S/C19H19N3OS3/c1-13-8-10-15(11-9-13)12-20-17(23)14(2)25-18-21-22(19(24)26-18)16-6-4-3-5-7-16/h3-11,14H,12H2,1-2H3,(H,20,23)/t14-/m0/s1. The minimum absolute atomic E-state index is 0.0112. The van der Waals surface area contributed by atoms with Gasteiger partial charge in [0.1, 0.15) is 0 Å². The molecule has 0 fully saturated rings. The molecule has 2 aromatic carbocycles. The summed E-state index contributed by atoms with van der Waals surface area (Å²) in [5.41, 5.74) is 3.22. The van der Waals surface area contributed by atoms with Crippen LogP contribution in [0.4, 0.5) is 0 Å². The number of thioether (sulfide) groups is 1. The summed E-state index contributed by atoms with van der Waals surface area (Å²) in [5, 5.41) is 7.27. The first-order chi connectivity index (χ1) is 12.5. The van der Waals surface area contributed by atoms with E-state index in [-0.39, 0.29) is 11.2 Å². The Labute approximate surface area is 166 Å². The van der Waals surface area contributed by atoms with Crippen molar-refractivity contribution >= 4 is 41.2 Å². The Balaban J connectivity index is 1.60. The van der Waals surface area contributed by atoms with E-state index in [0.717, 1.165) is 15.6 Å². The van der Waals surface area contributed by atoms with Gasteiger partial charge in [-0.25, -0.2) is 4.68 Å². The fourth-order valence-corrected chi connectivity index (χ4v) is 4.81. The SMILES string of the molecule is Cc1ccc(CNC(=O)[C@H](C)Sc2nn(-c3ccccc3)c(=S)s2)cc1. The van der Waals surface area contributed by atoms with E-state index in [1.54, 1.807) is 4.68 Å². The Morgan fingerprint density at radius 2 is 1.92 bits per heavy atom. The number of rotatable bonds is 6. The number of amides is 1. The van der Waals surface area contributed by atoms with Gasteiger partial charge in [0.2, 0.25) is 5.91 Å². The molecule has 0 saturated heterocycles. The summed E-state index contributed by atoms with van der Waals surface area (Å²) in [7, 11) is 0. The van der Waals surface area contributed by atoms with Gasteiger partial charge < -0.3 is 5.32 Å². The van der Waals surface area contributed by atoms with Crippen LogP contribution in [0.15, 0.2) is 58.9 Å². The lowest BCUT2D eigenvalue weighted by atomic mass is 10.1. The topological polar surface area (TPSA) is 46.9 Å². The summed E-state index contributed by atoms with van der Waals surface area (Å²) in [6, 6.07) is 17.9. The predicted molar refractivity (Wildman–Crippen MR) is 111 cm³/mol. The van der Waals surface area contributed by atoms with Gasteiger partial charge in [0.05, 0.1) is 10.9 Å². The van der Waals surface area contributed by atoms with Crippen LogP contribution in [0.2, 0.25) is 0 Å². The van der Waals surface area contributed by atoms with E-state index < -0.39 is 0 Å². The van der Waals surface area contributed by atoms with Crippen LogP contribution in [-0.2, 0) is 11.3 Å². The maximum absolute atomic E-state index is 12.4. The average Bonchev–Trinajstić information content (AvgIpc) is 3.01. The number of benzene rings is 2. The predicted octanol–water partition coefficient (Wildman–Crippen LogP) is 4.77. The number of hydrogen-bond donors (Lipinski definition) is 1. The van der Waals surface area contributed by atoms with Crippen LogP contribution in [-0.4, -0.2) is 20.9 Å². The third kappa shape index (κ3) is 4.81. The molecule has 0 spiro atoms. The van der Waals surface area contributed by atoms with Crippen molar-refractivity contribution in [3.8, 4) is 5.69 Å². The molecule has 4 nitrogen and oxygen atoms in total. The summed E-state index contributed by atoms with van der Waals surface area (Å²) >= 11 is 8.25. The molecule has 0 aliphatic carbocycles. The Morgan fingerprint density at radius 3 is 2.62 bits per heavy atom. The van der Waals surface area contributed by atoms with Crippen LogP contribution in [0.25, 0.3) is 5.69 Å². The fourth-order valence-electron chi connectivity index (χ4n) is 2.28. The normalized spacial score (nSPS) is 11.9. The molecule has 134 valence electrons. The molecule has 1 amide bonds. The molecule has 3 aromatic rings. The molecule has 1 N–H and O–H groups in total. The molecule has 3 rings (SSSR count). The molecule has 0 radical (unpaired) electrons. The summed E-state index contributed by atoms with van der Waals surface area (Å²) in [6.07, 6.45) is 0. The van der Waals surface area contributed by atoms with Crippen molar-refractivity contribution in [2.24, 2.45) is 0 Å². The van der Waals surface area contributed by atoms with Crippen LogP contribution < -0.4 is 5.32 Å². The van der Waals surface area contributed by atoms with Crippen LogP contribution in [0.3, 0.4) is 0 Å². The monoisotopic (exact) mass is 401 g/mol. The minimum Gasteiger partial charge on any atom is -0.351 e. The van der Waals surface area contributed by atoms with E-state index in [9.17, 15) is 4.79 Å². The molecular weight excluding hydrogens is 382 g/mol. The second-order valence-electron chi connectivity index (χ2n) is 5.84. The number of carbonyl (C=O) groups is 1. The van der Waals surface area contributed by atoms with E-state index in [4.69, 9.17) is 12.2 Å². The highest BCUT2D eigenvalue weighted by Gasteiger charge is 2.17. The average molecular weight is 402 g/mol. The van der Waals surface area contributed by atoms with Crippen LogP contribution in [0.1, 0.15) is 18.1 Å². The van der Waals surface area contributed by atoms with Crippen LogP contribution >= 0.6 is 35.3 Å². The van der Waals surface area contributed by atoms with Gasteiger partial charge in [-0.2, -0.15) is 0 Å². The van der Waals surface area contributed by atoms with Crippen molar-refractivity contribution in [3.63, 3.8) is 0 Å². The number of carbonyl (C=O) groups excluding carboxylic acids is 1. The zero-order chi connectivity index (χ0) is 18.5. The third-order valence-electron chi connectivity index (χ3n) is 3.76. The van der Waals surface area contributed by atoms with Gasteiger partial charge in [-0.15, -0.1) is 5.10 Å². The molecule has 7 heteroatoms. The van der Waals surface area contributed by atoms with Gasteiger partial charge in [0.25, 0.3) is 0 Å². The summed E-state index contributed by atoms with van der Waals surface area (Å²) < 4.78 is 3.20. The highest BCUT2D eigenvalue weighted by atomic mass is 32.2. The summed E-state index contributed by atoms with van der Waals surface area (Å²) in [5.74, 6) is -0.0112. The van der Waals surface area contributed by atoms with E-state index in [0.29, 0.717) is 10.5 Å². The first kappa shape index (κ1) is 18.8. The van der Waals surface area contributed by atoms with Crippen molar-refractivity contribution in [3.05, 3.63) is 69.7 Å². The van der Waals surface area contributed by atoms with Gasteiger partial charge in [-0.3, -0.25) is 4.79 Å². The van der Waals surface area contributed by atoms with Crippen LogP contribution in [0.5, 0.6) is 0 Å². The molecule has 0 bridgehead atoms. The third-order valence-corrected chi connectivity index (χ3v) is 6.18. The van der Waals surface area contributed by atoms with Crippen molar-refractivity contribution < 1.29 is 4.79 Å². The first-order valence-corrected chi connectivity index (χ1v) is 10.3. The smallest absolute Gasteiger partial charge is 0.233 e. The Hall–Kier alpha value is -1.96. The largest absolute Gasteiger partial charge is 0.351 e. The van der Waals surface area contributed by atoms with Gasteiger partial charge in [-0.1, -0.05) is 71.1 Å². The zero-order valence-electron chi connectivity index (χ0n) is 14.5. The Kier molecular flexibility index (Phi) is 6.24. The second-order valence-corrected chi connectivity index (χ2v) is 9.06. The van der Waals surface area contributed by atoms with Gasteiger partial charge >= 0.3 is 0 Å². The lowest BCUT2D eigenvalue weighted by molar-refractivity contribution is -0.120. The van der Waals surface area contributed by atoms with E-state index in [1.807, 2.05) is 68.4 Å². The van der Waals surface area contributed by atoms with Crippen LogP contribution in [0, 0.1) is 10.9 Å². The van der Waals surface area contributed by atoms with Crippen molar-refractivity contribution in [1.29, 1.82) is 0 Å². The summed E-state index contributed by atoms with van der Waals surface area (Å²) in [6.45, 7) is 4.45. The molecule has 26 heavy (non-hydrogen) atoms. The highest BCUT2D eigenvalue weighted by molar-refractivity contribution is 8.02. The quantitative estimate of drug-likeness (QED) is 0.477. The van der Waals surface area contributed by atoms with Gasteiger partial charge in [0.15, 0.2) is 8.29 Å². The number of hydrogen-bond acceptors (Lipinski definition) is 5. The van der Waals surface area contributed by atoms with E-state index >= 15 is 0 Å². The molecule has 0 aliphatic heterocycles. The lowest BCUT2D eigenvalue weighted by Crippen LogP contribution is -2.30. The molecule has 0 aliphatic rings. The number of aromatic nitrogens is 2. The molecule has 0 saturated carbocycles. The number of nitrogens with one attached hydrogen (secondary N) is 1. The number of nitrogens with zero attached hydrogens (tertiary/aromatic N) is 2. The maximum atomic E-state index is 12.4. The zero-order valence-corrected chi connectivity index (χ0v) is 17.0. The fraction of sp³-hybridized carbons (Fsp3) is 0.211. The molecular formula is C19H19N3OS3. The van der Waals surface area contributed by atoms with Gasteiger partial charge in [0, 0.05) is 6.54 Å². The minimum atomic E-state index is -0.245. The maximum Gasteiger partial charge on any atom is 0.233 e. The van der Waals surface area contributed by atoms with Crippen molar-refractivity contribution in [2.45, 2.75) is 30.0 Å². The molecule has 1 heterocycles. The van der Waals surface area contributed by atoms with Crippen molar-refractivity contribution in [1.82, 2.24) is 15.1 Å². The summed E-state index contributed by atoms with van der Waals surface area (Å²) in [4.78, 5) is 12.4. The Bertz CT molecular complexity index is 933. The van der Waals surface area contributed by atoms with Crippen molar-refractivity contribution in [2.75, 3.05) is 0 Å². The molecule has 0 unspecified atom stereocenters. The number of para-hydroxylation sites is 1.